The van der Waals surface area contributed by atoms with Crippen LogP contribution in [0.1, 0.15) is 50.5 Å². The van der Waals surface area contributed by atoms with Crippen molar-refractivity contribution in [2.24, 2.45) is 0 Å². The number of nitrogen functional groups attached to an aromatic ring is 1. The Bertz CT molecular complexity index is 663. The van der Waals surface area contributed by atoms with Gasteiger partial charge in [-0.2, -0.15) is 0 Å². The zero-order valence-electron chi connectivity index (χ0n) is 12.6. The summed E-state index contributed by atoms with van der Waals surface area (Å²) in [4.78, 5) is 8.16. The van der Waals surface area contributed by atoms with Crippen molar-refractivity contribution in [2.45, 2.75) is 56.6 Å². The van der Waals surface area contributed by atoms with E-state index in [0.717, 1.165) is 37.7 Å². The average molecular weight is 300 g/mol. The number of nitrogens with zero attached hydrogens (tertiary/aromatic N) is 5. The van der Waals surface area contributed by atoms with Gasteiger partial charge in [-0.3, -0.25) is 4.57 Å². The fourth-order valence-electron chi connectivity index (χ4n) is 3.15. The molecule has 2 aliphatic rings. The number of aromatic nitrogens is 5. The fourth-order valence-corrected chi connectivity index (χ4v) is 3.15. The lowest BCUT2D eigenvalue weighted by Gasteiger charge is -2.17. The second-order valence-corrected chi connectivity index (χ2v) is 6.60. The number of anilines is 1. The van der Waals surface area contributed by atoms with Gasteiger partial charge in [0.2, 0.25) is 5.95 Å². The summed E-state index contributed by atoms with van der Waals surface area (Å²) in [6.07, 6.45) is 11.0. The Kier molecular flexibility index (Phi) is 3.02. The Hall–Kier alpha value is -2.18. The normalized spacial score (nSPS) is 26.0. The van der Waals surface area contributed by atoms with Crippen LogP contribution in [0.25, 0.3) is 0 Å². The molecule has 0 aliphatic heterocycles. The lowest BCUT2D eigenvalue weighted by Crippen LogP contribution is -2.19. The predicted octanol–water partition coefficient (Wildman–Crippen LogP) is 1.87. The molecule has 0 aromatic carbocycles. The smallest absolute Gasteiger partial charge is 0.317 e. The summed E-state index contributed by atoms with van der Waals surface area (Å²) in [6.45, 7) is 2.21. The van der Waals surface area contributed by atoms with Crippen molar-refractivity contribution < 1.29 is 4.74 Å². The molecule has 2 saturated carbocycles. The van der Waals surface area contributed by atoms with E-state index in [1.54, 1.807) is 6.33 Å². The van der Waals surface area contributed by atoms with Crippen LogP contribution >= 0.6 is 0 Å². The highest BCUT2D eigenvalue weighted by Crippen LogP contribution is 2.45. The van der Waals surface area contributed by atoms with Crippen molar-refractivity contribution in [3.8, 4) is 6.01 Å². The van der Waals surface area contributed by atoms with E-state index in [1.807, 2.05) is 12.4 Å². The SMILES string of the molecule is CC1(n2cnnc2O[C@@H]2CC[C@H](c3cnc(N)nc3)C2)CC1. The highest BCUT2D eigenvalue weighted by molar-refractivity contribution is 5.21. The summed E-state index contributed by atoms with van der Waals surface area (Å²) in [5, 5.41) is 8.16. The Morgan fingerprint density at radius 2 is 2.05 bits per heavy atom. The molecule has 2 N–H and O–H groups in total. The molecule has 2 aliphatic carbocycles. The minimum Gasteiger partial charge on any atom is -0.460 e. The second-order valence-electron chi connectivity index (χ2n) is 6.60. The van der Waals surface area contributed by atoms with Crippen LogP contribution in [0.5, 0.6) is 6.01 Å². The number of rotatable bonds is 4. The van der Waals surface area contributed by atoms with Crippen molar-refractivity contribution in [3.05, 3.63) is 24.3 Å². The van der Waals surface area contributed by atoms with Crippen LogP contribution in [0.15, 0.2) is 18.7 Å². The highest BCUT2D eigenvalue weighted by Gasteiger charge is 2.42. The van der Waals surface area contributed by atoms with E-state index in [-0.39, 0.29) is 11.6 Å². The molecule has 2 atom stereocenters. The molecule has 0 unspecified atom stereocenters. The standard InChI is InChI=1S/C15H20N6O/c1-15(4-5-15)21-9-19-20-14(21)22-12-3-2-10(6-12)11-7-17-13(16)18-8-11/h7-10,12H,2-6H2,1H3,(H2,16,17,18)/t10-,12+/m0/s1. The predicted molar refractivity (Wildman–Crippen MR) is 80.4 cm³/mol. The molecule has 7 nitrogen and oxygen atoms in total. The molecule has 0 amide bonds. The minimum atomic E-state index is 0.154. The molecule has 0 saturated heterocycles. The van der Waals surface area contributed by atoms with Crippen LogP contribution < -0.4 is 10.5 Å². The molecule has 0 radical (unpaired) electrons. The van der Waals surface area contributed by atoms with E-state index in [1.165, 1.54) is 0 Å². The molecule has 2 heterocycles. The maximum absolute atomic E-state index is 6.11. The topological polar surface area (TPSA) is 91.7 Å². The Labute approximate surface area is 128 Å². The molecule has 2 aromatic rings. The number of ether oxygens (including phenoxy) is 1. The lowest BCUT2D eigenvalue weighted by atomic mass is 10.0. The quantitative estimate of drug-likeness (QED) is 0.926. The largest absolute Gasteiger partial charge is 0.460 e. The van der Waals surface area contributed by atoms with Crippen molar-refractivity contribution >= 4 is 5.95 Å². The zero-order chi connectivity index (χ0) is 15.2. The third-order valence-corrected chi connectivity index (χ3v) is 4.89. The van der Waals surface area contributed by atoms with Gasteiger partial charge in [0.25, 0.3) is 0 Å². The fraction of sp³-hybridized carbons (Fsp3) is 0.600. The first-order chi connectivity index (χ1) is 10.6. The Morgan fingerprint density at radius 3 is 2.77 bits per heavy atom. The van der Waals surface area contributed by atoms with E-state index in [4.69, 9.17) is 10.5 Å². The molecule has 7 heteroatoms. The summed E-state index contributed by atoms with van der Waals surface area (Å²) in [5.41, 5.74) is 6.83. The third-order valence-electron chi connectivity index (χ3n) is 4.89. The monoisotopic (exact) mass is 300 g/mol. The summed E-state index contributed by atoms with van der Waals surface area (Å²) < 4.78 is 8.19. The van der Waals surface area contributed by atoms with Gasteiger partial charge in [0, 0.05) is 17.9 Å². The van der Waals surface area contributed by atoms with Gasteiger partial charge in [-0.25, -0.2) is 9.97 Å². The molecular formula is C15H20N6O. The number of nitrogens with two attached hydrogens (primary N) is 1. The zero-order valence-corrected chi connectivity index (χ0v) is 12.6. The summed E-state index contributed by atoms with van der Waals surface area (Å²) in [7, 11) is 0. The van der Waals surface area contributed by atoms with Gasteiger partial charge < -0.3 is 10.5 Å². The van der Waals surface area contributed by atoms with E-state index in [0.29, 0.717) is 17.9 Å². The molecule has 0 spiro atoms. The van der Waals surface area contributed by atoms with Gasteiger partial charge in [0.05, 0.1) is 0 Å². The van der Waals surface area contributed by atoms with Gasteiger partial charge in [0.15, 0.2) is 0 Å². The van der Waals surface area contributed by atoms with Crippen molar-refractivity contribution in [2.75, 3.05) is 5.73 Å². The number of hydrogen-bond donors (Lipinski definition) is 1. The van der Waals surface area contributed by atoms with Gasteiger partial charge in [-0.15, -0.1) is 5.10 Å². The van der Waals surface area contributed by atoms with Crippen molar-refractivity contribution in [3.63, 3.8) is 0 Å². The van der Waals surface area contributed by atoms with E-state index in [9.17, 15) is 0 Å². The molecule has 2 aromatic heterocycles. The van der Waals surface area contributed by atoms with E-state index >= 15 is 0 Å². The minimum absolute atomic E-state index is 0.154. The molecule has 0 bridgehead atoms. The molecule has 2 fully saturated rings. The first-order valence-corrected chi connectivity index (χ1v) is 7.79. The molecule has 22 heavy (non-hydrogen) atoms. The van der Waals surface area contributed by atoms with Crippen LogP contribution in [0, 0.1) is 0 Å². The van der Waals surface area contributed by atoms with Gasteiger partial charge in [-0.05, 0) is 50.5 Å². The molecule has 116 valence electrons. The second kappa shape index (κ2) is 4.93. The van der Waals surface area contributed by atoms with E-state index < -0.39 is 0 Å². The first-order valence-electron chi connectivity index (χ1n) is 7.79. The Morgan fingerprint density at radius 1 is 1.27 bits per heavy atom. The maximum atomic E-state index is 6.11. The van der Waals surface area contributed by atoms with Crippen LogP contribution in [-0.2, 0) is 5.54 Å². The van der Waals surface area contributed by atoms with Crippen molar-refractivity contribution in [1.29, 1.82) is 0 Å². The molecular weight excluding hydrogens is 280 g/mol. The number of hydrogen-bond acceptors (Lipinski definition) is 6. The van der Waals surface area contributed by atoms with Crippen LogP contribution in [-0.4, -0.2) is 30.8 Å². The van der Waals surface area contributed by atoms with Crippen LogP contribution in [0.4, 0.5) is 5.95 Å². The summed E-state index contributed by atoms with van der Waals surface area (Å²) in [6, 6.07) is 0.652. The van der Waals surface area contributed by atoms with Crippen LogP contribution in [0.2, 0.25) is 0 Å². The Balaban J connectivity index is 1.43. The highest BCUT2D eigenvalue weighted by atomic mass is 16.5. The average Bonchev–Trinajstić information content (AvgIpc) is 2.94. The van der Waals surface area contributed by atoms with Crippen LogP contribution in [0.3, 0.4) is 0 Å². The summed E-state index contributed by atoms with van der Waals surface area (Å²) >= 11 is 0. The first kappa shape index (κ1) is 13.5. The molecule has 4 rings (SSSR count). The van der Waals surface area contributed by atoms with Gasteiger partial charge >= 0.3 is 6.01 Å². The lowest BCUT2D eigenvalue weighted by molar-refractivity contribution is 0.175. The maximum Gasteiger partial charge on any atom is 0.317 e. The van der Waals surface area contributed by atoms with E-state index in [2.05, 4.69) is 31.7 Å². The third kappa shape index (κ3) is 2.40. The summed E-state index contributed by atoms with van der Waals surface area (Å²) in [5.74, 6) is 0.749. The van der Waals surface area contributed by atoms with Gasteiger partial charge in [0.1, 0.15) is 12.4 Å². The van der Waals surface area contributed by atoms with Crippen molar-refractivity contribution in [1.82, 2.24) is 24.7 Å². The van der Waals surface area contributed by atoms with Gasteiger partial charge in [-0.1, -0.05) is 5.10 Å².